The van der Waals surface area contributed by atoms with Crippen LogP contribution in [-0.2, 0) is 9.53 Å². The third kappa shape index (κ3) is 3.97. The van der Waals surface area contributed by atoms with Crippen LogP contribution < -0.4 is 4.90 Å². The Hall–Kier alpha value is -3.84. The topological polar surface area (TPSA) is 53.3 Å². The highest BCUT2D eigenvalue weighted by atomic mass is 16.5. The van der Waals surface area contributed by atoms with Gasteiger partial charge in [0.15, 0.2) is 0 Å². The van der Waals surface area contributed by atoms with Crippen LogP contribution in [0.5, 0.6) is 0 Å². The van der Waals surface area contributed by atoms with Crippen LogP contribution in [0.4, 0.5) is 17.1 Å². The molecule has 0 heterocycles. The van der Waals surface area contributed by atoms with Crippen molar-refractivity contribution in [2.75, 3.05) is 4.90 Å². The van der Waals surface area contributed by atoms with Crippen LogP contribution in [0.2, 0.25) is 0 Å². The summed E-state index contributed by atoms with van der Waals surface area (Å²) < 4.78 is 4.62. The van der Waals surface area contributed by atoms with Gasteiger partial charge in [-0.25, -0.2) is 0 Å². The standard InChI is InChI=1S/C22H16N2O2/c23-16-22(26-17-25)15-18-11-13-21(14-12-18)24(19-7-3-1-4-8-19)20-9-5-2-6-10-20/h1-15,17H/b22-15+. The number of nitriles is 1. The van der Waals surface area contributed by atoms with Crippen molar-refractivity contribution in [3.05, 3.63) is 96.3 Å². The quantitative estimate of drug-likeness (QED) is 0.352. The fourth-order valence-corrected chi connectivity index (χ4v) is 2.62. The predicted molar refractivity (Wildman–Crippen MR) is 102 cm³/mol. The third-order valence-corrected chi connectivity index (χ3v) is 3.76. The first-order valence-corrected chi connectivity index (χ1v) is 8.04. The van der Waals surface area contributed by atoms with Crippen molar-refractivity contribution in [2.24, 2.45) is 0 Å². The minimum absolute atomic E-state index is 0.0456. The first-order chi connectivity index (χ1) is 12.8. The molecule has 0 aliphatic rings. The molecule has 0 aliphatic heterocycles. The lowest BCUT2D eigenvalue weighted by Crippen LogP contribution is -2.09. The molecule has 0 N–H and O–H groups in total. The van der Waals surface area contributed by atoms with Gasteiger partial charge in [0.25, 0.3) is 6.47 Å². The molecule has 0 saturated heterocycles. The maximum Gasteiger partial charge on any atom is 0.299 e. The molecule has 3 aromatic rings. The number of hydrogen-bond acceptors (Lipinski definition) is 4. The molecule has 0 aromatic heterocycles. The second kappa shape index (κ2) is 8.32. The highest BCUT2D eigenvalue weighted by Crippen LogP contribution is 2.34. The van der Waals surface area contributed by atoms with Crippen LogP contribution in [0, 0.1) is 11.3 Å². The maximum absolute atomic E-state index is 10.4. The molecule has 0 fully saturated rings. The molecule has 26 heavy (non-hydrogen) atoms. The molecule has 3 rings (SSSR count). The number of benzene rings is 3. The second-order valence-electron chi connectivity index (χ2n) is 5.43. The van der Waals surface area contributed by atoms with E-state index in [1.165, 1.54) is 6.08 Å². The third-order valence-electron chi connectivity index (χ3n) is 3.76. The summed E-state index contributed by atoms with van der Waals surface area (Å²) in [5, 5.41) is 8.95. The molecular weight excluding hydrogens is 324 g/mol. The van der Waals surface area contributed by atoms with Gasteiger partial charge in [0.2, 0.25) is 5.76 Å². The van der Waals surface area contributed by atoms with E-state index in [1.54, 1.807) is 0 Å². The molecule has 0 unspecified atom stereocenters. The average Bonchev–Trinajstić information content (AvgIpc) is 2.71. The van der Waals surface area contributed by atoms with Crippen LogP contribution in [0.15, 0.2) is 90.7 Å². The first-order valence-electron chi connectivity index (χ1n) is 8.04. The summed E-state index contributed by atoms with van der Waals surface area (Å²) in [4.78, 5) is 12.5. The monoisotopic (exact) mass is 340 g/mol. The van der Waals surface area contributed by atoms with Crippen molar-refractivity contribution in [1.29, 1.82) is 5.26 Å². The molecule has 0 radical (unpaired) electrons. The zero-order valence-electron chi connectivity index (χ0n) is 13.9. The second-order valence-corrected chi connectivity index (χ2v) is 5.43. The number of anilines is 3. The van der Waals surface area contributed by atoms with Gasteiger partial charge in [0, 0.05) is 17.1 Å². The largest absolute Gasteiger partial charge is 0.417 e. The molecule has 0 bridgehead atoms. The van der Waals surface area contributed by atoms with Crippen LogP contribution in [0.1, 0.15) is 5.56 Å². The van der Waals surface area contributed by atoms with Gasteiger partial charge in [0.1, 0.15) is 6.07 Å². The fraction of sp³-hybridized carbons (Fsp3) is 0. The van der Waals surface area contributed by atoms with E-state index in [0.29, 0.717) is 0 Å². The van der Waals surface area contributed by atoms with Crippen molar-refractivity contribution in [1.82, 2.24) is 0 Å². The van der Waals surface area contributed by atoms with Crippen molar-refractivity contribution in [2.45, 2.75) is 0 Å². The summed E-state index contributed by atoms with van der Waals surface area (Å²) >= 11 is 0. The summed E-state index contributed by atoms with van der Waals surface area (Å²) in [6.07, 6.45) is 1.52. The Balaban J connectivity index is 1.98. The molecule has 0 amide bonds. The molecule has 0 spiro atoms. The summed E-state index contributed by atoms with van der Waals surface area (Å²) in [5.41, 5.74) is 3.84. The van der Waals surface area contributed by atoms with E-state index in [4.69, 9.17) is 5.26 Å². The predicted octanol–water partition coefficient (Wildman–Crippen LogP) is 5.19. The van der Waals surface area contributed by atoms with Crippen LogP contribution >= 0.6 is 0 Å². The molecular formula is C22H16N2O2. The molecule has 0 saturated carbocycles. The summed E-state index contributed by atoms with van der Waals surface area (Å²) in [6.45, 7) is 0.246. The highest BCUT2D eigenvalue weighted by Gasteiger charge is 2.11. The molecule has 4 nitrogen and oxygen atoms in total. The highest BCUT2D eigenvalue weighted by molar-refractivity contribution is 5.77. The lowest BCUT2D eigenvalue weighted by molar-refractivity contribution is -0.124. The maximum atomic E-state index is 10.4. The zero-order valence-corrected chi connectivity index (χ0v) is 13.9. The van der Waals surface area contributed by atoms with Crippen molar-refractivity contribution in [3.8, 4) is 6.07 Å². The summed E-state index contributed by atoms with van der Waals surface area (Å²) in [7, 11) is 0. The van der Waals surface area contributed by atoms with E-state index in [9.17, 15) is 4.79 Å². The van der Waals surface area contributed by atoms with Crippen LogP contribution in [0.3, 0.4) is 0 Å². The van der Waals surface area contributed by atoms with E-state index < -0.39 is 0 Å². The molecule has 0 atom stereocenters. The zero-order chi connectivity index (χ0) is 18.2. The van der Waals surface area contributed by atoms with Gasteiger partial charge < -0.3 is 9.64 Å². The van der Waals surface area contributed by atoms with Gasteiger partial charge in [-0.1, -0.05) is 48.5 Å². The number of carbonyl (C=O) groups is 1. The Kier molecular flexibility index (Phi) is 5.44. The SMILES string of the molecule is N#C/C(=C\c1ccc(N(c2ccccc2)c2ccccc2)cc1)OC=O. The number of carbonyl (C=O) groups excluding carboxylic acids is 1. The normalized spacial score (nSPS) is 10.7. The van der Waals surface area contributed by atoms with E-state index in [1.807, 2.05) is 91.0 Å². The Morgan fingerprint density at radius 3 is 1.77 bits per heavy atom. The Labute approximate surface area is 152 Å². The number of ether oxygens (including phenoxy) is 1. The van der Waals surface area contributed by atoms with Gasteiger partial charge in [-0.3, -0.25) is 4.79 Å². The number of para-hydroxylation sites is 2. The smallest absolute Gasteiger partial charge is 0.299 e. The molecule has 126 valence electrons. The minimum atomic E-state index is -0.0456. The molecule has 4 heteroatoms. The minimum Gasteiger partial charge on any atom is -0.417 e. The van der Waals surface area contributed by atoms with E-state index in [2.05, 4.69) is 9.64 Å². The molecule has 3 aromatic carbocycles. The van der Waals surface area contributed by atoms with Gasteiger partial charge in [-0.05, 0) is 48.0 Å². The Bertz CT molecular complexity index is 888. The van der Waals surface area contributed by atoms with Crippen molar-refractivity contribution < 1.29 is 9.53 Å². The van der Waals surface area contributed by atoms with Crippen LogP contribution in [-0.4, -0.2) is 6.47 Å². The fourth-order valence-electron chi connectivity index (χ4n) is 2.62. The number of hydrogen-bond donors (Lipinski definition) is 0. The number of allylic oxidation sites excluding steroid dienone is 1. The van der Waals surface area contributed by atoms with E-state index >= 15 is 0 Å². The lowest BCUT2D eigenvalue weighted by atomic mass is 10.1. The Morgan fingerprint density at radius 1 is 0.808 bits per heavy atom. The summed E-state index contributed by atoms with van der Waals surface area (Å²) in [5.74, 6) is -0.0456. The van der Waals surface area contributed by atoms with Gasteiger partial charge >= 0.3 is 0 Å². The van der Waals surface area contributed by atoms with Gasteiger partial charge in [-0.2, -0.15) is 5.26 Å². The van der Waals surface area contributed by atoms with Crippen molar-refractivity contribution >= 4 is 29.6 Å². The lowest BCUT2D eigenvalue weighted by Gasteiger charge is -2.25. The van der Waals surface area contributed by atoms with E-state index in [0.717, 1.165) is 22.6 Å². The van der Waals surface area contributed by atoms with E-state index in [-0.39, 0.29) is 12.2 Å². The van der Waals surface area contributed by atoms with Crippen molar-refractivity contribution in [3.63, 3.8) is 0 Å². The van der Waals surface area contributed by atoms with Gasteiger partial charge in [-0.15, -0.1) is 0 Å². The average molecular weight is 340 g/mol. The van der Waals surface area contributed by atoms with Crippen LogP contribution in [0.25, 0.3) is 6.08 Å². The number of nitrogens with zero attached hydrogens (tertiary/aromatic N) is 2. The Morgan fingerprint density at radius 2 is 1.31 bits per heavy atom. The number of rotatable bonds is 6. The first kappa shape index (κ1) is 17.0. The van der Waals surface area contributed by atoms with Gasteiger partial charge in [0.05, 0.1) is 0 Å². The summed E-state index contributed by atoms with van der Waals surface area (Å²) in [6, 6.07) is 29.7. The molecule has 0 aliphatic carbocycles.